The molecule has 0 radical (unpaired) electrons. The number of nitrogens with zero attached hydrogens (tertiary/aromatic N) is 3. The molecule has 0 bridgehead atoms. The number of carbonyl (C=O) groups is 3. The van der Waals surface area contributed by atoms with Gasteiger partial charge < -0.3 is 30.3 Å². The molecule has 2 aliphatic heterocycles. The molecule has 9 heteroatoms. The molecule has 0 unspecified atom stereocenters. The van der Waals surface area contributed by atoms with Crippen LogP contribution in [0.2, 0.25) is 0 Å². The van der Waals surface area contributed by atoms with Crippen molar-refractivity contribution in [2.24, 2.45) is 5.73 Å². The predicted molar refractivity (Wildman–Crippen MR) is 126 cm³/mol. The van der Waals surface area contributed by atoms with Crippen LogP contribution < -0.4 is 15.4 Å². The molecule has 1 aromatic carbocycles. The van der Waals surface area contributed by atoms with Crippen molar-refractivity contribution in [3.05, 3.63) is 23.3 Å². The van der Waals surface area contributed by atoms with Crippen LogP contribution in [0.15, 0.2) is 12.1 Å². The highest BCUT2D eigenvalue weighted by atomic mass is 16.5. The number of hydrogen-bond donors (Lipinski definition) is 2. The van der Waals surface area contributed by atoms with Crippen LogP contribution in [0.25, 0.3) is 0 Å². The van der Waals surface area contributed by atoms with Gasteiger partial charge in [0.1, 0.15) is 5.75 Å². The topological polar surface area (TPSA) is 116 Å². The van der Waals surface area contributed by atoms with Crippen LogP contribution in [-0.4, -0.2) is 76.7 Å². The van der Waals surface area contributed by atoms with E-state index in [9.17, 15) is 19.5 Å². The van der Waals surface area contributed by atoms with Gasteiger partial charge in [-0.15, -0.1) is 0 Å². The smallest absolute Gasteiger partial charge is 0.407 e. The van der Waals surface area contributed by atoms with Gasteiger partial charge in [-0.2, -0.15) is 0 Å². The number of aryl methyl sites for hydroxylation is 1. The summed E-state index contributed by atoms with van der Waals surface area (Å²) in [6.07, 6.45) is 1.10. The van der Waals surface area contributed by atoms with Gasteiger partial charge in [0.2, 0.25) is 0 Å². The van der Waals surface area contributed by atoms with Crippen LogP contribution in [0.4, 0.5) is 10.5 Å². The average Bonchev–Trinajstić information content (AvgIpc) is 2.76. The van der Waals surface area contributed by atoms with E-state index >= 15 is 0 Å². The Morgan fingerprint density at radius 1 is 1.33 bits per heavy atom. The first-order chi connectivity index (χ1) is 15.5. The number of nitrogens with two attached hydrogens (primary N) is 1. The molecule has 0 aliphatic carbocycles. The van der Waals surface area contributed by atoms with E-state index in [0.29, 0.717) is 49.5 Å². The molecule has 1 atom stereocenters. The van der Waals surface area contributed by atoms with E-state index in [-0.39, 0.29) is 30.4 Å². The van der Waals surface area contributed by atoms with Crippen molar-refractivity contribution in [1.29, 1.82) is 0 Å². The van der Waals surface area contributed by atoms with E-state index in [2.05, 4.69) is 0 Å². The first-order valence-corrected chi connectivity index (χ1v) is 11.7. The van der Waals surface area contributed by atoms with Crippen LogP contribution in [0.3, 0.4) is 0 Å². The Labute approximate surface area is 195 Å². The molecule has 0 aromatic heterocycles. The minimum atomic E-state index is -1.02. The molecule has 33 heavy (non-hydrogen) atoms. The van der Waals surface area contributed by atoms with Crippen molar-refractivity contribution in [1.82, 2.24) is 9.80 Å². The van der Waals surface area contributed by atoms with Gasteiger partial charge in [0.15, 0.2) is 5.60 Å². The van der Waals surface area contributed by atoms with Gasteiger partial charge in [-0.3, -0.25) is 9.59 Å². The quantitative estimate of drug-likeness (QED) is 0.674. The van der Waals surface area contributed by atoms with Crippen molar-refractivity contribution in [2.75, 3.05) is 31.1 Å². The number of piperidine rings is 1. The summed E-state index contributed by atoms with van der Waals surface area (Å²) in [6, 6.07) is 3.27. The van der Waals surface area contributed by atoms with Crippen LogP contribution in [0, 0.1) is 0 Å². The van der Waals surface area contributed by atoms with Crippen molar-refractivity contribution >= 4 is 23.6 Å². The summed E-state index contributed by atoms with van der Waals surface area (Å²) in [5, 5.41) is 9.45. The number of hydrogen-bond acceptors (Lipinski definition) is 5. The zero-order valence-electron chi connectivity index (χ0n) is 20.3. The van der Waals surface area contributed by atoms with E-state index in [0.717, 1.165) is 12.0 Å². The fourth-order valence-corrected chi connectivity index (χ4v) is 4.82. The Kier molecular flexibility index (Phi) is 7.21. The minimum absolute atomic E-state index is 0.117. The minimum Gasteiger partial charge on any atom is -0.476 e. The molecule has 1 saturated heterocycles. The molecule has 3 amide bonds. The van der Waals surface area contributed by atoms with Gasteiger partial charge in [-0.05, 0) is 64.7 Å². The number of fused-ring (bicyclic) bond motifs is 1. The van der Waals surface area contributed by atoms with Gasteiger partial charge in [-0.25, -0.2) is 4.79 Å². The molecule has 0 saturated carbocycles. The number of likely N-dealkylation sites (tertiary alicyclic amines) is 1. The summed E-state index contributed by atoms with van der Waals surface area (Å²) in [5.41, 5.74) is 6.64. The van der Waals surface area contributed by atoms with Gasteiger partial charge in [0.05, 0.1) is 11.7 Å². The van der Waals surface area contributed by atoms with Crippen molar-refractivity contribution < 1.29 is 24.2 Å². The van der Waals surface area contributed by atoms with Gasteiger partial charge in [0.25, 0.3) is 11.8 Å². The van der Waals surface area contributed by atoms with E-state index in [1.54, 1.807) is 29.7 Å². The lowest BCUT2D eigenvalue weighted by Gasteiger charge is -2.42. The summed E-state index contributed by atoms with van der Waals surface area (Å²) < 4.78 is 6.02. The zero-order chi connectivity index (χ0) is 24.5. The summed E-state index contributed by atoms with van der Waals surface area (Å²) in [6.45, 7) is 10.7. The molecule has 1 aromatic rings. The SMILES string of the molecule is CCc1cc2c(cc1C(=O)N(C(C)C)[C@@H]1CCCN(C(=O)O)C1)N(CCN)C(=O)C(C)(C)O2. The summed E-state index contributed by atoms with van der Waals surface area (Å²) in [5.74, 6) is 0.201. The van der Waals surface area contributed by atoms with Crippen molar-refractivity contribution in [3.63, 3.8) is 0 Å². The van der Waals surface area contributed by atoms with Crippen molar-refractivity contribution in [2.45, 2.75) is 71.6 Å². The van der Waals surface area contributed by atoms with E-state index < -0.39 is 11.7 Å². The molecule has 2 aliphatic rings. The molecule has 2 heterocycles. The maximum atomic E-state index is 13.9. The molecule has 182 valence electrons. The van der Waals surface area contributed by atoms with Gasteiger partial charge in [-0.1, -0.05) is 6.92 Å². The van der Waals surface area contributed by atoms with Crippen LogP contribution >= 0.6 is 0 Å². The number of rotatable bonds is 6. The van der Waals surface area contributed by atoms with E-state index in [4.69, 9.17) is 10.5 Å². The molecular formula is C24H36N4O5. The third kappa shape index (κ3) is 4.78. The number of ether oxygens (including phenoxy) is 1. The Morgan fingerprint density at radius 3 is 2.61 bits per heavy atom. The number of benzene rings is 1. The molecular weight excluding hydrogens is 424 g/mol. The second-order valence-electron chi connectivity index (χ2n) is 9.52. The first kappa shape index (κ1) is 24.8. The number of anilines is 1. The molecule has 3 N–H and O–H groups in total. The third-order valence-corrected chi connectivity index (χ3v) is 6.42. The van der Waals surface area contributed by atoms with Gasteiger partial charge in [0, 0.05) is 37.8 Å². The number of amides is 3. The normalized spacial score (nSPS) is 19.8. The number of carbonyl (C=O) groups excluding carboxylic acids is 2. The lowest BCUT2D eigenvalue weighted by atomic mass is 9.96. The monoisotopic (exact) mass is 460 g/mol. The Hall–Kier alpha value is -2.81. The Bertz CT molecular complexity index is 930. The fraction of sp³-hybridized carbons (Fsp3) is 0.625. The fourth-order valence-electron chi connectivity index (χ4n) is 4.82. The van der Waals surface area contributed by atoms with Crippen LogP contribution in [0.5, 0.6) is 5.75 Å². The summed E-state index contributed by atoms with van der Waals surface area (Å²) in [7, 11) is 0. The second kappa shape index (κ2) is 9.59. The second-order valence-corrected chi connectivity index (χ2v) is 9.52. The standard InChI is InChI=1S/C24H36N4O5/c1-6-16-12-20-19(27(11-9-25)22(30)24(4,5)33-20)13-18(16)21(29)28(15(2)3)17-8-7-10-26(14-17)23(31)32/h12-13,15,17H,6-11,14,25H2,1-5H3,(H,31,32)/t17-/m1/s1. The maximum Gasteiger partial charge on any atom is 0.407 e. The molecule has 1 fully saturated rings. The Balaban J connectivity index is 2.04. The summed E-state index contributed by atoms with van der Waals surface area (Å²) >= 11 is 0. The zero-order valence-corrected chi connectivity index (χ0v) is 20.3. The van der Waals surface area contributed by atoms with Crippen LogP contribution in [0.1, 0.15) is 63.4 Å². The highest BCUT2D eigenvalue weighted by Crippen LogP contribution is 2.40. The lowest BCUT2D eigenvalue weighted by Crippen LogP contribution is -2.54. The molecule has 0 spiro atoms. The summed E-state index contributed by atoms with van der Waals surface area (Å²) in [4.78, 5) is 43.2. The predicted octanol–water partition coefficient (Wildman–Crippen LogP) is 2.70. The maximum absolute atomic E-state index is 13.9. The van der Waals surface area contributed by atoms with Gasteiger partial charge >= 0.3 is 6.09 Å². The molecule has 9 nitrogen and oxygen atoms in total. The lowest BCUT2D eigenvalue weighted by molar-refractivity contribution is -0.132. The highest BCUT2D eigenvalue weighted by Gasteiger charge is 2.42. The first-order valence-electron chi connectivity index (χ1n) is 11.7. The number of carboxylic acid groups (broad SMARTS) is 1. The van der Waals surface area contributed by atoms with Crippen LogP contribution in [-0.2, 0) is 11.2 Å². The Morgan fingerprint density at radius 2 is 2.03 bits per heavy atom. The van der Waals surface area contributed by atoms with Crippen molar-refractivity contribution in [3.8, 4) is 5.75 Å². The average molecular weight is 461 g/mol. The largest absolute Gasteiger partial charge is 0.476 e. The third-order valence-electron chi connectivity index (χ3n) is 6.42. The molecule has 3 rings (SSSR count). The highest BCUT2D eigenvalue weighted by molar-refractivity contribution is 6.05. The van der Waals surface area contributed by atoms with E-state index in [1.807, 2.05) is 26.8 Å². The van der Waals surface area contributed by atoms with E-state index in [1.165, 1.54) is 4.90 Å².